The Balaban J connectivity index is 1.98. The van der Waals surface area contributed by atoms with Gasteiger partial charge in [0.15, 0.2) is 12.3 Å². The molecule has 0 atom stereocenters. The van der Waals surface area contributed by atoms with Gasteiger partial charge in [0.1, 0.15) is 12.0 Å². The number of nitrogens with zero attached hydrogens (tertiary/aromatic N) is 1. The van der Waals surface area contributed by atoms with E-state index in [0.717, 1.165) is 12.2 Å². The molecule has 0 radical (unpaired) electrons. The van der Waals surface area contributed by atoms with Crippen molar-refractivity contribution in [3.8, 4) is 5.75 Å². The fourth-order valence-electron chi connectivity index (χ4n) is 3.15. The average Bonchev–Trinajstić information content (AvgIpc) is 2.99. The predicted octanol–water partition coefficient (Wildman–Crippen LogP) is 4.75. The zero-order valence-electron chi connectivity index (χ0n) is 15.9. The van der Waals surface area contributed by atoms with E-state index in [1.807, 2.05) is 12.1 Å². The van der Waals surface area contributed by atoms with Gasteiger partial charge in [-0.15, -0.1) is 0 Å². The Hall–Kier alpha value is -2.30. The Kier molecular flexibility index (Phi) is 5.55. The largest absolute Gasteiger partial charge is 0.484 e. The molecule has 0 saturated heterocycles. The molecule has 0 bridgehead atoms. The molecular formula is C20H27NO4. The zero-order chi connectivity index (χ0) is 18.7. The quantitative estimate of drug-likeness (QED) is 0.707. The SMILES string of the molecule is COC(=O)c1coc(COc2ccc(C(C)(C)CC(C)(C)C)cc2)n1. The molecule has 1 aromatic carbocycles. The topological polar surface area (TPSA) is 61.6 Å². The molecule has 2 aromatic rings. The van der Waals surface area contributed by atoms with Crippen LogP contribution in [0.4, 0.5) is 0 Å². The Bertz CT molecular complexity index is 708. The Labute approximate surface area is 149 Å². The van der Waals surface area contributed by atoms with Crippen molar-refractivity contribution in [1.82, 2.24) is 4.98 Å². The number of hydrogen-bond acceptors (Lipinski definition) is 5. The molecule has 0 fully saturated rings. The Morgan fingerprint density at radius 3 is 2.32 bits per heavy atom. The van der Waals surface area contributed by atoms with E-state index < -0.39 is 5.97 Å². The normalized spacial score (nSPS) is 12.1. The predicted molar refractivity (Wildman–Crippen MR) is 95.7 cm³/mol. The van der Waals surface area contributed by atoms with E-state index in [9.17, 15) is 4.79 Å². The molecule has 5 heteroatoms. The van der Waals surface area contributed by atoms with Gasteiger partial charge in [-0.25, -0.2) is 9.78 Å². The van der Waals surface area contributed by atoms with Crippen LogP contribution >= 0.6 is 0 Å². The number of rotatable bonds is 6. The van der Waals surface area contributed by atoms with Gasteiger partial charge in [0, 0.05) is 0 Å². The van der Waals surface area contributed by atoms with Crippen molar-refractivity contribution < 1.29 is 18.7 Å². The number of methoxy groups -OCH3 is 1. The molecule has 0 spiro atoms. The highest BCUT2D eigenvalue weighted by atomic mass is 16.5. The van der Waals surface area contributed by atoms with Gasteiger partial charge in [0.05, 0.1) is 7.11 Å². The highest BCUT2D eigenvalue weighted by molar-refractivity contribution is 5.86. The van der Waals surface area contributed by atoms with Crippen LogP contribution in [0.1, 0.15) is 63.0 Å². The standard InChI is InChI=1S/C20H27NO4/c1-19(2,3)13-20(4,5)14-7-9-15(10-8-14)24-12-17-21-16(11-25-17)18(22)23-6/h7-11H,12-13H2,1-6H3. The van der Waals surface area contributed by atoms with Crippen LogP contribution in [-0.2, 0) is 16.8 Å². The van der Waals surface area contributed by atoms with E-state index in [4.69, 9.17) is 9.15 Å². The number of carbonyl (C=O) groups excluding carboxylic acids is 1. The van der Waals surface area contributed by atoms with Crippen LogP contribution in [0, 0.1) is 5.41 Å². The number of hydrogen-bond donors (Lipinski definition) is 0. The minimum Gasteiger partial charge on any atom is -0.484 e. The second-order valence-corrected chi connectivity index (χ2v) is 8.05. The fraction of sp³-hybridized carbons (Fsp3) is 0.500. The van der Waals surface area contributed by atoms with E-state index in [1.165, 1.54) is 18.9 Å². The number of ether oxygens (including phenoxy) is 2. The molecule has 0 saturated carbocycles. The van der Waals surface area contributed by atoms with Crippen LogP contribution in [0.15, 0.2) is 34.9 Å². The minimum atomic E-state index is -0.527. The summed E-state index contributed by atoms with van der Waals surface area (Å²) in [4.78, 5) is 15.4. The van der Waals surface area contributed by atoms with Crippen molar-refractivity contribution in [2.24, 2.45) is 5.41 Å². The van der Waals surface area contributed by atoms with Gasteiger partial charge in [-0.1, -0.05) is 46.8 Å². The maximum atomic E-state index is 11.3. The zero-order valence-corrected chi connectivity index (χ0v) is 15.9. The average molecular weight is 345 g/mol. The number of carbonyl (C=O) groups is 1. The van der Waals surface area contributed by atoms with E-state index >= 15 is 0 Å². The number of aromatic nitrogens is 1. The highest BCUT2D eigenvalue weighted by Gasteiger charge is 2.27. The number of benzene rings is 1. The molecule has 5 nitrogen and oxygen atoms in total. The molecule has 136 valence electrons. The molecule has 0 aliphatic carbocycles. The Morgan fingerprint density at radius 1 is 1.12 bits per heavy atom. The van der Waals surface area contributed by atoms with Gasteiger partial charge < -0.3 is 13.9 Å². The molecule has 0 amide bonds. The van der Waals surface area contributed by atoms with Crippen LogP contribution in [0.2, 0.25) is 0 Å². The Morgan fingerprint density at radius 2 is 1.76 bits per heavy atom. The number of esters is 1. The lowest BCUT2D eigenvalue weighted by molar-refractivity contribution is 0.0594. The summed E-state index contributed by atoms with van der Waals surface area (Å²) >= 11 is 0. The van der Waals surface area contributed by atoms with Crippen molar-refractivity contribution >= 4 is 5.97 Å². The third-order valence-corrected chi connectivity index (χ3v) is 3.92. The molecule has 0 aliphatic rings. The first kappa shape index (κ1) is 19.0. The highest BCUT2D eigenvalue weighted by Crippen LogP contribution is 2.36. The van der Waals surface area contributed by atoms with E-state index in [1.54, 1.807) is 0 Å². The van der Waals surface area contributed by atoms with Gasteiger partial charge in [-0.3, -0.25) is 0 Å². The molecule has 1 heterocycles. The van der Waals surface area contributed by atoms with Crippen LogP contribution in [0.3, 0.4) is 0 Å². The van der Waals surface area contributed by atoms with Crippen LogP contribution < -0.4 is 4.74 Å². The summed E-state index contributed by atoms with van der Waals surface area (Å²) in [6.07, 6.45) is 2.36. The summed E-state index contributed by atoms with van der Waals surface area (Å²) < 4.78 is 15.5. The summed E-state index contributed by atoms with van der Waals surface area (Å²) in [5.74, 6) is 0.533. The molecular weight excluding hydrogens is 318 g/mol. The van der Waals surface area contributed by atoms with Crippen LogP contribution in [0.25, 0.3) is 0 Å². The van der Waals surface area contributed by atoms with Gasteiger partial charge >= 0.3 is 5.97 Å². The van der Waals surface area contributed by atoms with Crippen molar-refractivity contribution in [3.63, 3.8) is 0 Å². The second kappa shape index (κ2) is 7.30. The van der Waals surface area contributed by atoms with Gasteiger partial charge in [0.2, 0.25) is 5.89 Å². The van der Waals surface area contributed by atoms with E-state index in [2.05, 4.69) is 56.5 Å². The summed E-state index contributed by atoms with van der Waals surface area (Å²) in [5.41, 5.74) is 1.77. The van der Waals surface area contributed by atoms with Gasteiger partial charge in [-0.05, 0) is 34.9 Å². The summed E-state index contributed by atoms with van der Waals surface area (Å²) in [6.45, 7) is 11.4. The number of oxazole rings is 1. The second-order valence-electron chi connectivity index (χ2n) is 8.05. The molecule has 2 rings (SSSR count). The lowest BCUT2D eigenvalue weighted by Gasteiger charge is -2.33. The first-order chi connectivity index (χ1) is 11.6. The summed E-state index contributed by atoms with van der Waals surface area (Å²) in [5, 5.41) is 0. The smallest absolute Gasteiger partial charge is 0.360 e. The van der Waals surface area contributed by atoms with Crippen molar-refractivity contribution in [2.75, 3.05) is 7.11 Å². The van der Waals surface area contributed by atoms with E-state index in [0.29, 0.717) is 5.89 Å². The van der Waals surface area contributed by atoms with E-state index in [-0.39, 0.29) is 23.1 Å². The monoisotopic (exact) mass is 345 g/mol. The van der Waals surface area contributed by atoms with Crippen LogP contribution in [0.5, 0.6) is 5.75 Å². The van der Waals surface area contributed by atoms with Gasteiger partial charge in [-0.2, -0.15) is 0 Å². The summed E-state index contributed by atoms with van der Waals surface area (Å²) in [7, 11) is 1.30. The van der Waals surface area contributed by atoms with Crippen LogP contribution in [-0.4, -0.2) is 18.1 Å². The minimum absolute atomic E-state index is 0.0920. The third kappa shape index (κ3) is 5.34. The summed E-state index contributed by atoms with van der Waals surface area (Å²) in [6, 6.07) is 8.08. The first-order valence-corrected chi connectivity index (χ1v) is 8.37. The first-order valence-electron chi connectivity index (χ1n) is 8.37. The molecule has 25 heavy (non-hydrogen) atoms. The molecule has 0 unspecified atom stereocenters. The molecule has 0 aliphatic heterocycles. The van der Waals surface area contributed by atoms with Crippen molar-refractivity contribution in [3.05, 3.63) is 47.7 Å². The lowest BCUT2D eigenvalue weighted by atomic mass is 9.72. The lowest BCUT2D eigenvalue weighted by Crippen LogP contribution is -2.24. The van der Waals surface area contributed by atoms with Crippen molar-refractivity contribution in [2.45, 2.75) is 53.1 Å². The molecule has 1 aromatic heterocycles. The molecule has 0 N–H and O–H groups in total. The third-order valence-electron chi connectivity index (χ3n) is 3.92. The maximum Gasteiger partial charge on any atom is 0.360 e. The fourth-order valence-corrected chi connectivity index (χ4v) is 3.15. The van der Waals surface area contributed by atoms with Crippen molar-refractivity contribution in [1.29, 1.82) is 0 Å². The van der Waals surface area contributed by atoms with Gasteiger partial charge in [0.25, 0.3) is 0 Å². The maximum absolute atomic E-state index is 11.3.